The van der Waals surface area contributed by atoms with E-state index in [-0.39, 0.29) is 5.91 Å². The summed E-state index contributed by atoms with van der Waals surface area (Å²) in [4.78, 5) is 16.6. The molecule has 0 aliphatic rings. The number of thiazole rings is 1. The van der Waals surface area contributed by atoms with E-state index in [9.17, 15) is 4.79 Å². The van der Waals surface area contributed by atoms with Crippen LogP contribution >= 0.6 is 34.5 Å². The zero-order valence-corrected chi connectivity index (χ0v) is 18.1. The lowest BCUT2D eigenvalue weighted by Crippen LogP contribution is -2.12. The van der Waals surface area contributed by atoms with Gasteiger partial charge >= 0.3 is 0 Å². The van der Waals surface area contributed by atoms with Crippen LogP contribution in [-0.2, 0) is 4.79 Å². The molecule has 0 bridgehead atoms. The summed E-state index contributed by atoms with van der Waals surface area (Å²) in [6.45, 7) is 2.95. The highest BCUT2D eigenvalue weighted by Crippen LogP contribution is 2.28. The van der Waals surface area contributed by atoms with E-state index in [0.29, 0.717) is 47.0 Å². The maximum absolute atomic E-state index is 12.1. The van der Waals surface area contributed by atoms with E-state index < -0.39 is 0 Å². The molecule has 1 aromatic heterocycles. The van der Waals surface area contributed by atoms with Crippen molar-refractivity contribution >= 4 is 45.6 Å². The van der Waals surface area contributed by atoms with E-state index in [1.807, 2.05) is 36.6 Å². The summed E-state index contributed by atoms with van der Waals surface area (Å²) >= 11 is 13.3. The molecule has 152 valence electrons. The van der Waals surface area contributed by atoms with Gasteiger partial charge in [-0.2, -0.15) is 0 Å². The summed E-state index contributed by atoms with van der Waals surface area (Å²) in [5.41, 5.74) is 1.78. The molecule has 1 amide bonds. The fraction of sp³-hybridized carbons (Fsp3) is 0.238. The van der Waals surface area contributed by atoms with Crippen molar-refractivity contribution in [3.05, 3.63) is 57.9 Å². The molecule has 1 N–H and O–H groups in total. The van der Waals surface area contributed by atoms with Crippen LogP contribution in [0.25, 0.3) is 11.3 Å². The Bertz CT molecular complexity index is 961. The Hall–Kier alpha value is -2.28. The third-order valence-corrected chi connectivity index (χ3v) is 5.20. The maximum atomic E-state index is 12.1. The quantitative estimate of drug-likeness (QED) is 0.387. The van der Waals surface area contributed by atoms with Crippen LogP contribution in [0.15, 0.2) is 47.8 Å². The second-order valence-corrected chi connectivity index (χ2v) is 7.77. The molecule has 0 fully saturated rings. The van der Waals surface area contributed by atoms with Crippen molar-refractivity contribution < 1.29 is 14.3 Å². The van der Waals surface area contributed by atoms with Crippen LogP contribution in [0, 0.1) is 0 Å². The minimum absolute atomic E-state index is 0.108. The number of nitrogens with one attached hydrogen (secondary N) is 1. The molecular formula is C21H20Cl2N2O3S. The lowest BCUT2D eigenvalue weighted by atomic mass is 10.2. The molecule has 0 saturated carbocycles. The molecule has 8 heteroatoms. The van der Waals surface area contributed by atoms with Gasteiger partial charge in [-0.1, -0.05) is 23.2 Å². The Labute approximate surface area is 183 Å². The van der Waals surface area contributed by atoms with E-state index in [2.05, 4.69) is 10.3 Å². The highest BCUT2D eigenvalue weighted by molar-refractivity contribution is 7.14. The molecule has 29 heavy (non-hydrogen) atoms. The lowest BCUT2D eigenvalue weighted by Gasteiger charge is -2.08. The van der Waals surface area contributed by atoms with Gasteiger partial charge in [0.2, 0.25) is 5.91 Å². The fourth-order valence-electron chi connectivity index (χ4n) is 2.54. The first-order chi connectivity index (χ1) is 14.0. The van der Waals surface area contributed by atoms with Gasteiger partial charge in [0, 0.05) is 22.4 Å². The minimum Gasteiger partial charge on any atom is -0.494 e. The average molecular weight is 451 g/mol. The van der Waals surface area contributed by atoms with Crippen molar-refractivity contribution in [2.75, 3.05) is 18.5 Å². The molecule has 5 nitrogen and oxygen atoms in total. The van der Waals surface area contributed by atoms with Gasteiger partial charge < -0.3 is 14.8 Å². The van der Waals surface area contributed by atoms with Crippen LogP contribution in [0.1, 0.15) is 19.8 Å². The summed E-state index contributed by atoms with van der Waals surface area (Å²) in [6.07, 6.45) is 0.880. The van der Waals surface area contributed by atoms with Crippen LogP contribution < -0.4 is 14.8 Å². The van der Waals surface area contributed by atoms with Crippen LogP contribution in [0.3, 0.4) is 0 Å². The Kier molecular flexibility index (Phi) is 7.75. The highest BCUT2D eigenvalue weighted by atomic mass is 35.5. The van der Waals surface area contributed by atoms with Crippen molar-refractivity contribution in [2.24, 2.45) is 0 Å². The van der Waals surface area contributed by atoms with Gasteiger partial charge in [-0.3, -0.25) is 4.79 Å². The van der Waals surface area contributed by atoms with Crippen molar-refractivity contribution in [1.82, 2.24) is 4.98 Å². The van der Waals surface area contributed by atoms with Crippen molar-refractivity contribution in [3.63, 3.8) is 0 Å². The number of aromatic nitrogens is 1. The summed E-state index contributed by atoms with van der Waals surface area (Å²) in [7, 11) is 0. The van der Waals surface area contributed by atoms with Crippen LogP contribution in [0.2, 0.25) is 10.0 Å². The summed E-state index contributed by atoms with van der Waals surface area (Å²) in [5, 5.41) is 6.31. The van der Waals surface area contributed by atoms with Crippen LogP contribution in [0.4, 0.5) is 5.13 Å². The first-order valence-electron chi connectivity index (χ1n) is 9.11. The number of hydrogen-bond acceptors (Lipinski definition) is 5. The summed E-state index contributed by atoms with van der Waals surface area (Å²) in [5.74, 6) is 1.27. The molecule has 3 rings (SSSR count). The standard InChI is InChI=1S/C21H20Cl2N2O3S/c1-2-27-16-8-5-14(6-9-16)18-13-29-21(24-18)25-20(26)4-3-11-28-19-10-7-15(22)12-17(19)23/h5-10,12-13H,2-4,11H2,1H3,(H,24,25,26). The third-order valence-electron chi connectivity index (χ3n) is 3.91. The van der Waals surface area contributed by atoms with Gasteiger partial charge in [-0.15, -0.1) is 11.3 Å². The van der Waals surface area contributed by atoms with Gasteiger partial charge in [0.15, 0.2) is 5.13 Å². The number of rotatable bonds is 9. The number of halogens is 2. The van der Waals surface area contributed by atoms with Crippen molar-refractivity contribution in [3.8, 4) is 22.8 Å². The molecule has 0 aliphatic heterocycles. The average Bonchev–Trinajstić information content (AvgIpc) is 3.16. The van der Waals surface area contributed by atoms with E-state index in [4.69, 9.17) is 32.7 Å². The predicted molar refractivity (Wildman–Crippen MR) is 119 cm³/mol. The molecule has 0 aliphatic carbocycles. The Morgan fingerprint density at radius 1 is 1.14 bits per heavy atom. The molecule has 1 heterocycles. The van der Waals surface area contributed by atoms with E-state index in [1.54, 1.807) is 18.2 Å². The van der Waals surface area contributed by atoms with Crippen LogP contribution in [-0.4, -0.2) is 24.1 Å². The maximum Gasteiger partial charge on any atom is 0.226 e. The van der Waals surface area contributed by atoms with E-state index in [1.165, 1.54) is 11.3 Å². The van der Waals surface area contributed by atoms with Gasteiger partial charge in [0.1, 0.15) is 11.5 Å². The zero-order valence-electron chi connectivity index (χ0n) is 15.8. The third kappa shape index (κ3) is 6.35. The largest absolute Gasteiger partial charge is 0.494 e. The topological polar surface area (TPSA) is 60.5 Å². The number of nitrogens with zero attached hydrogens (tertiary/aromatic N) is 1. The number of ether oxygens (including phenoxy) is 2. The molecule has 0 radical (unpaired) electrons. The lowest BCUT2D eigenvalue weighted by molar-refractivity contribution is -0.116. The fourth-order valence-corrected chi connectivity index (χ4v) is 3.74. The normalized spacial score (nSPS) is 10.6. The van der Waals surface area contributed by atoms with E-state index >= 15 is 0 Å². The number of amides is 1. The monoisotopic (exact) mass is 450 g/mol. The molecule has 0 saturated heterocycles. The van der Waals surface area contributed by atoms with Gasteiger partial charge in [-0.05, 0) is 55.8 Å². The van der Waals surface area contributed by atoms with Gasteiger partial charge in [0.25, 0.3) is 0 Å². The number of benzene rings is 2. The first kappa shape index (κ1) is 21.4. The SMILES string of the molecule is CCOc1ccc(-c2csc(NC(=O)CCCOc3ccc(Cl)cc3Cl)n2)cc1. The van der Waals surface area contributed by atoms with Crippen molar-refractivity contribution in [2.45, 2.75) is 19.8 Å². The zero-order chi connectivity index (χ0) is 20.6. The molecule has 2 aromatic carbocycles. The highest BCUT2D eigenvalue weighted by Gasteiger charge is 2.09. The Morgan fingerprint density at radius 3 is 2.66 bits per heavy atom. The summed E-state index contributed by atoms with van der Waals surface area (Å²) in [6, 6.07) is 12.8. The molecule has 0 atom stereocenters. The number of anilines is 1. The van der Waals surface area contributed by atoms with Crippen LogP contribution in [0.5, 0.6) is 11.5 Å². The molecule has 0 spiro atoms. The van der Waals surface area contributed by atoms with E-state index in [0.717, 1.165) is 17.0 Å². The molecular weight excluding hydrogens is 431 g/mol. The Balaban J connectivity index is 1.45. The summed E-state index contributed by atoms with van der Waals surface area (Å²) < 4.78 is 11.0. The smallest absolute Gasteiger partial charge is 0.226 e. The number of carbonyl (C=O) groups is 1. The Morgan fingerprint density at radius 2 is 1.93 bits per heavy atom. The predicted octanol–water partition coefficient (Wildman–Crippen LogP) is 6.31. The number of hydrogen-bond donors (Lipinski definition) is 1. The minimum atomic E-state index is -0.108. The van der Waals surface area contributed by atoms with Crippen molar-refractivity contribution in [1.29, 1.82) is 0 Å². The first-order valence-corrected chi connectivity index (χ1v) is 10.7. The second kappa shape index (κ2) is 10.5. The second-order valence-electron chi connectivity index (χ2n) is 6.07. The van der Waals surface area contributed by atoms with Gasteiger partial charge in [-0.25, -0.2) is 4.98 Å². The molecule has 3 aromatic rings. The van der Waals surface area contributed by atoms with Gasteiger partial charge in [0.05, 0.1) is 23.9 Å². The molecule has 0 unspecified atom stereocenters. The number of carbonyl (C=O) groups excluding carboxylic acids is 1.